The Bertz CT molecular complexity index is 1280. The molecule has 0 bridgehead atoms. The molecule has 2 aliphatic rings. The molecule has 1 fully saturated rings. The molecule has 2 aromatic carbocycles. The number of hydrogen-bond acceptors (Lipinski definition) is 7. The standard InChI is InChI=1S/C26H29N5O3S/c1-17-11-18-13-20(15-27)29-26(18)24(12-17)35-30(2)16-25(32)28-19-3-4-22-23(14-19)34-10-7-31(22)21-5-8-33-9-6-21/h3-4,11-14,21,29H,5-10,16H2,1-2H3,(H,28,32). The van der Waals surface area contributed by atoms with Crippen molar-refractivity contribution in [1.29, 1.82) is 5.26 Å². The number of aromatic amines is 1. The zero-order valence-corrected chi connectivity index (χ0v) is 20.8. The average Bonchev–Trinajstić information content (AvgIpc) is 3.27. The minimum absolute atomic E-state index is 0.106. The van der Waals surface area contributed by atoms with Gasteiger partial charge in [0.1, 0.15) is 24.1 Å². The summed E-state index contributed by atoms with van der Waals surface area (Å²) in [7, 11) is 1.88. The molecule has 8 nitrogen and oxygen atoms in total. The zero-order chi connectivity index (χ0) is 24.4. The first-order valence-electron chi connectivity index (χ1n) is 11.8. The number of aryl methyl sites for hydroxylation is 1. The molecule has 3 aromatic rings. The van der Waals surface area contributed by atoms with Crippen molar-refractivity contribution in [2.75, 3.05) is 50.2 Å². The third-order valence-corrected chi connectivity index (χ3v) is 7.31. The van der Waals surface area contributed by atoms with Crippen molar-refractivity contribution < 1.29 is 14.3 Å². The average molecular weight is 492 g/mol. The van der Waals surface area contributed by atoms with E-state index >= 15 is 0 Å². The number of benzene rings is 2. The largest absolute Gasteiger partial charge is 0.489 e. The fourth-order valence-electron chi connectivity index (χ4n) is 4.78. The highest BCUT2D eigenvalue weighted by Crippen LogP contribution is 2.37. The lowest BCUT2D eigenvalue weighted by atomic mass is 10.0. The topological polar surface area (TPSA) is 93.6 Å². The Balaban J connectivity index is 1.23. The maximum Gasteiger partial charge on any atom is 0.239 e. The lowest BCUT2D eigenvalue weighted by Gasteiger charge is -2.39. The van der Waals surface area contributed by atoms with Crippen molar-refractivity contribution in [3.63, 3.8) is 0 Å². The molecule has 1 aromatic heterocycles. The third kappa shape index (κ3) is 5.25. The third-order valence-electron chi connectivity index (χ3n) is 6.35. The molecule has 0 saturated carbocycles. The number of carbonyl (C=O) groups is 1. The number of nitrogens with one attached hydrogen (secondary N) is 2. The highest BCUT2D eigenvalue weighted by atomic mass is 32.2. The number of rotatable bonds is 6. The van der Waals surface area contributed by atoms with Crippen molar-refractivity contribution in [3.8, 4) is 11.8 Å². The summed E-state index contributed by atoms with van der Waals surface area (Å²) in [6.07, 6.45) is 2.05. The Hall–Kier alpha value is -3.19. The van der Waals surface area contributed by atoms with Gasteiger partial charge >= 0.3 is 0 Å². The minimum atomic E-state index is -0.106. The molecule has 0 aliphatic carbocycles. The fraction of sp³-hybridized carbons (Fsp3) is 0.385. The van der Waals surface area contributed by atoms with Crippen molar-refractivity contribution in [3.05, 3.63) is 47.7 Å². The summed E-state index contributed by atoms with van der Waals surface area (Å²) >= 11 is 1.48. The summed E-state index contributed by atoms with van der Waals surface area (Å²) < 4.78 is 13.3. The van der Waals surface area contributed by atoms with Gasteiger partial charge in [-0.05, 0) is 74.7 Å². The van der Waals surface area contributed by atoms with Gasteiger partial charge in [0.2, 0.25) is 5.91 Å². The van der Waals surface area contributed by atoms with E-state index in [1.165, 1.54) is 11.9 Å². The Morgan fingerprint density at radius 3 is 2.89 bits per heavy atom. The van der Waals surface area contributed by atoms with Crippen LogP contribution in [0, 0.1) is 18.3 Å². The maximum atomic E-state index is 12.8. The second kappa shape index (κ2) is 10.2. The monoisotopic (exact) mass is 491 g/mol. The molecule has 182 valence electrons. The van der Waals surface area contributed by atoms with Crippen molar-refractivity contribution in [2.24, 2.45) is 0 Å². The van der Waals surface area contributed by atoms with E-state index in [2.05, 4.69) is 27.3 Å². The van der Waals surface area contributed by atoms with Gasteiger partial charge in [0.25, 0.3) is 0 Å². The van der Waals surface area contributed by atoms with Crippen LogP contribution in [0.2, 0.25) is 0 Å². The van der Waals surface area contributed by atoms with E-state index in [-0.39, 0.29) is 12.5 Å². The van der Waals surface area contributed by atoms with E-state index in [0.29, 0.717) is 18.3 Å². The first kappa shape index (κ1) is 23.5. The fourth-order valence-corrected chi connectivity index (χ4v) is 5.80. The molecule has 1 saturated heterocycles. The predicted octanol–water partition coefficient (Wildman–Crippen LogP) is 4.30. The van der Waals surface area contributed by atoms with E-state index in [1.54, 1.807) is 0 Å². The van der Waals surface area contributed by atoms with Crippen LogP contribution < -0.4 is 15.0 Å². The summed E-state index contributed by atoms with van der Waals surface area (Å²) in [6.45, 7) is 5.34. The molecule has 2 aliphatic heterocycles. The van der Waals surface area contributed by atoms with Gasteiger partial charge in [0, 0.05) is 41.3 Å². The number of H-pyrrole nitrogens is 1. The quantitative estimate of drug-likeness (QED) is 0.497. The van der Waals surface area contributed by atoms with E-state index in [0.717, 1.165) is 71.1 Å². The lowest BCUT2D eigenvalue weighted by molar-refractivity contribution is -0.116. The van der Waals surface area contributed by atoms with Gasteiger partial charge in [-0.2, -0.15) is 5.26 Å². The molecule has 3 heterocycles. The molecule has 1 amide bonds. The number of ether oxygens (including phenoxy) is 2. The van der Waals surface area contributed by atoms with Gasteiger partial charge in [0.15, 0.2) is 0 Å². The number of aromatic nitrogens is 1. The second-order valence-corrected chi connectivity index (χ2v) is 10.3. The van der Waals surface area contributed by atoms with E-state index in [1.807, 2.05) is 48.6 Å². The number of likely N-dealkylation sites (N-methyl/N-ethyl adjacent to an activating group) is 1. The van der Waals surface area contributed by atoms with Gasteiger partial charge in [-0.25, -0.2) is 4.31 Å². The number of nitrogens with zero attached hydrogens (tertiary/aromatic N) is 3. The highest BCUT2D eigenvalue weighted by molar-refractivity contribution is 7.97. The summed E-state index contributed by atoms with van der Waals surface area (Å²) in [5.74, 6) is 0.704. The Labute approximate surface area is 209 Å². The van der Waals surface area contributed by atoms with Gasteiger partial charge < -0.3 is 24.7 Å². The number of anilines is 2. The van der Waals surface area contributed by atoms with Gasteiger partial charge in [-0.1, -0.05) is 0 Å². The van der Waals surface area contributed by atoms with Crippen LogP contribution in [-0.2, 0) is 9.53 Å². The highest BCUT2D eigenvalue weighted by Gasteiger charge is 2.27. The first-order chi connectivity index (χ1) is 17.0. The van der Waals surface area contributed by atoms with Crippen LogP contribution in [0.5, 0.6) is 5.75 Å². The van der Waals surface area contributed by atoms with Crippen LogP contribution in [0.3, 0.4) is 0 Å². The lowest BCUT2D eigenvalue weighted by Crippen LogP contribution is -2.44. The summed E-state index contributed by atoms with van der Waals surface area (Å²) in [5.41, 5.74) is 4.34. The van der Waals surface area contributed by atoms with Crippen LogP contribution in [-0.4, -0.2) is 61.2 Å². The number of carbonyl (C=O) groups excluding carboxylic acids is 1. The predicted molar refractivity (Wildman–Crippen MR) is 138 cm³/mol. The van der Waals surface area contributed by atoms with Crippen LogP contribution >= 0.6 is 11.9 Å². The van der Waals surface area contributed by atoms with Crippen LogP contribution in [0.25, 0.3) is 10.9 Å². The number of hydrogen-bond donors (Lipinski definition) is 2. The second-order valence-electron chi connectivity index (χ2n) is 9.02. The van der Waals surface area contributed by atoms with Crippen molar-refractivity contribution >= 4 is 40.1 Å². The maximum absolute atomic E-state index is 12.8. The smallest absolute Gasteiger partial charge is 0.239 e. The van der Waals surface area contributed by atoms with E-state index in [9.17, 15) is 10.1 Å². The van der Waals surface area contributed by atoms with E-state index < -0.39 is 0 Å². The van der Waals surface area contributed by atoms with Gasteiger partial charge in [0.05, 0.1) is 24.3 Å². The van der Waals surface area contributed by atoms with Crippen LogP contribution in [0.4, 0.5) is 11.4 Å². The molecule has 0 radical (unpaired) electrons. The molecule has 35 heavy (non-hydrogen) atoms. The first-order valence-corrected chi connectivity index (χ1v) is 12.6. The number of nitriles is 1. The molecule has 0 spiro atoms. The molecule has 5 rings (SSSR count). The van der Waals surface area contributed by atoms with Gasteiger partial charge in [-0.15, -0.1) is 0 Å². The van der Waals surface area contributed by atoms with Gasteiger partial charge in [-0.3, -0.25) is 4.79 Å². The normalized spacial score (nSPS) is 16.1. The molecule has 9 heteroatoms. The molecule has 2 N–H and O–H groups in total. The van der Waals surface area contributed by atoms with Crippen LogP contribution in [0.15, 0.2) is 41.3 Å². The molecular formula is C26H29N5O3S. The van der Waals surface area contributed by atoms with Crippen molar-refractivity contribution in [1.82, 2.24) is 9.29 Å². The number of amides is 1. The Morgan fingerprint density at radius 1 is 1.26 bits per heavy atom. The van der Waals surface area contributed by atoms with Crippen LogP contribution in [0.1, 0.15) is 24.1 Å². The summed E-state index contributed by atoms with van der Waals surface area (Å²) in [4.78, 5) is 19.3. The summed E-state index contributed by atoms with van der Waals surface area (Å²) in [5, 5.41) is 13.2. The Kier molecular flexibility index (Phi) is 6.86. The zero-order valence-electron chi connectivity index (χ0n) is 20.0. The minimum Gasteiger partial charge on any atom is -0.489 e. The Morgan fingerprint density at radius 2 is 2.09 bits per heavy atom. The molecule has 0 unspecified atom stereocenters. The van der Waals surface area contributed by atoms with Crippen molar-refractivity contribution in [2.45, 2.75) is 30.7 Å². The van der Waals surface area contributed by atoms with E-state index in [4.69, 9.17) is 9.47 Å². The SMILES string of the molecule is Cc1cc(SN(C)CC(=O)Nc2ccc3c(c2)OCCN3C2CCOCC2)c2[nH]c(C#N)cc2c1. The summed E-state index contributed by atoms with van der Waals surface area (Å²) in [6, 6.07) is 14.5. The number of fused-ring (bicyclic) bond motifs is 2. The molecule has 0 atom stereocenters. The molecular weight excluding hydrogens is 462 g/mol.